The first kappa shape index (κ1) is 20.7. The molecule has 0 aliphatic carbocycles. The zero-order valence-electron chi connectivity index (χ0n) is 15.4. The van der Waals surface area contributed by atoms with Crippen molar-refractivity contribution in [1.29, 1.82) is 0 Å². The molecule has 0 saturated heterocycles. The Morgan fingerprint density at radius 1 is 1.08 bits per heavy atom. The van der Waals surface area contributed by atoms with E-state index in [2.05, 4.69) is 41.4 Å². The van der Waals surface area contributed by atoms with E-state index < -0.39 is 10.0 Å². The van der Waals surface area contributed by atoms with Gasteiger partial charge in [-0.2, -0.15) is 0 Å². The van der Waals surface area contributed by atoms with Crippen LogP contribution in [0.15, 0.2) is 51.8 Å². The van der Waals surface area contributed by atoms with Crippen LogP contribution in [0.1, 0.15) is 26.3 Å². The van der Waals surface area contributed by atoms with Crippen molar-refractivity contribution in [2.45, 2.75) is 31.1 Å². The summed E-state index contributed by atoms with van der Waals surface area (Å²) in [6, 6.07) is 12.4. The highest BCUT2D eigenvalue weighted by atomic mass is 79.9. The largest absolute Gasteiger partial charge is 0.496 e. The average molecular weight is 442 g/mol. The molecule has 0 unspecified atom stereocenters. The lowest BCUT2D eigenvalue weighted by Gasteiger charge is -2.22. The number of methoxy groups -OCH3 is 1. The molecule has 5 nitrogen and oxygen atoms in total. The lowest BCUT2D eigenvalue weighted by molar-refractivity contribution is 0.314. The summed E-state index contributed by atoms with van der Waals surface area (Å²) in [5.41, 5.74) is 1.04. The molecule has 2 aromatic carbocycles. The van der Waals surface area contributed by atoms with E-state index in [1.54, 1.807) is 6.07 Å². The van der Waals surface area contributed by atoms with Crippen molar-refractivity contribution in [2.24, 2.45) is 0 Å². The second kappa shape index (κ2) is 8.41. The first-order chi connectivity index (χ1) is 12.1. The Balaban J connectivity index is 1.99. The molecule has 0 saturated carbocycles. The number of ether oxygens (including phenoxy) is 2. The molecule has 1 N–H and O–H groups in total. The van der Waals surface area contributed by atoms with Crippen LogP contribution in [-0.2, 0) is 15.4 Å². The van der Waals surface area contributed by atoms with Gasteiger partial charge in [0, 0.05) is 6.54 Å². The van der Waals surface area contributed by atoms with Crippen molar-refractivity contribution >= 4 is 26.0 Å². The Morgan fingerprint density at radius 2 is 1.77 bits per heavy atom. The minimum Gasteiger partial charge on any atom is -0.496 e. The quantitative estimate of drug-likeness (QED) is 0.656. The zero-order valence-corrected chi connectivity index (χ0v) is 17.8. The maximum atomic E-state index is 12.4. The molecule has 2 aromatic rings. The van der Waals surface area contributed by atoms with Crippen molar-refractivity contribution in [1.82, 2.24) is 4.72 Å². The van der Waals surface area contributed by atoms with Gasteiger partial charge in [-0.25, -0.2) is 13.1 Å². The molecule has 0 aromatic heterocycles. The molecule has 0 heterocycles. The van der Waals surface area contributed by atoms with Crippen LogP contribution in [0.2, 0.25) is 0 Å². The van der Waals surface area contributed by atoms with Crippen molar-refractivity contribution in [2.75, 3.05) is 20.3 Å². The fraction of sp³-hybridized carbons (Fsp3) is 0.368. The third kappa shape index (κ3) is 5.22. The van der Waals surface area contributed by atoms with E-state index in [-0.39, 0.29) is 23.5 Å². The maximum absolute atomic E-state index is 12.4. The van der Waals surface area contributed by atoms with E-state index in [1.165, 1.54) is 19.2 Å². The van der Waals surface area contributed by atoms with E-state index in [9.17, 15) is 8.42 Å². The molecule has 0 amide bonds. The van der Waals surface area contributed by atoms with Crippen LogP contribution in [0.4, 0.5) is 0 Å². The Labute approximate surface area is 163 Å². The molecular formula is C19H24BrNO4S. The summed E-state index contributed by atoms with van der Waals surface area (Å²) in [7, 11) is -2.09. The summed E-state index contributed by atoms with van der Waals surface area (Å²) in [4.78, 5) is 0.167. The number of para-hydroxylation sites is 1. The van der Waals surface area contributed by atoms with E-state index in [0.29, 0.717) is 10.2 Å². The molecule has 0 bridgehead atoms. The van der Waals surface area contributed by atoms with Gasteiger partial charge in [-0.05, 0) is 51.2 Å². The third-order valence-corrected chi connectivity index (χ3v) is 5.86. The predicted octanol–water partition coefficient (Wildman–Crippen LogP) is 4.11. The number of nitrogens with one attached hydrogen (secondary N) is 1. The minimum atomic E-state index is -3.62. The number of halogens is 1. The molecule has 0 atom stereocenters. The molecule has 7 heteroatoms. The second-order valence-corrected chi connectivity index (χ2v) is 9.41. The highest BCUT2D eigenvalue weighted by Crippen LogP contribution is 2.31. The molecule has 0 spiro atoms. The van der Waals surface area contributed by atoms with Crippen LogP contribution >= 0.6 is 15.9 Å². The number of sulfonamides is 1. The van der Waals surface area contributed by atoms with Gasteiger partial charge in [0.15, 0.2) is 0 Å². The van der Waals surface area contributed by atoms with Gasteiger partial charge in [0.25, 0.3) is 0 Å². The molecule has 0 fully saturated rings. The van der Waals surface area contributed by atoms with Crippen LogP contribution < -0.4 is 14.2 Å². The predicted molar refractivity (Wildman–Crippen MR) is 107 cm³/mol. The molecule has 0 radical (unpaired) electrons. The standard InChI is InChI=1S/C19H24BrNO4S/c1-19(2,3)15-7-5-6-8-17(15)25-12-11-21-26(22,23)14-9-10-18(24-4)16(20)13-14/h5-10,13,21H,11-12H2,1-4H3. The van der Waals surface area contributed by atoms with Gasteiger partial charge < -0.3 is 9.47 Å². The van der Waals surface area contributed by atoms with E-state index in [1.807, 2.05) is 24.3 Å². The van der Waals surface area contributed by atoms with Crippen LogP contribution in [0.25, 0.3) is 0 Å². The zero-order chi connectivity index (χ0) is 19.4. The Kier molecular flexibility index (Phi) is 6.71. The highest BCUT2D eigenvalue weighted by Gasteiger charge is 2.19. The first-order valence-corrected chi connectivity index (χ1v) is 10.5. The molecular weight excluding hydrogens is 418 g/mol. The monoisotopic (exact) mass is 441 g/mol. The maximum Gasteiger partial charge on any atom is 0.240 e. The van der Waals surface area contributed by atoms with Gasteiger partial charge in [0.05, 0.1) is 16.5 Å². The molecule has 2 rings (SSSR count). The van der Waals surface area contributed by atoms with Gasteiger partial charge in [-0.3, -0.25) is 0 Å². The summed E-state index contributed by atoms with van der Waals surface area (Å²) in [6.45, 7) is 6.74. The fourth-order valence-corrected chi connectivity index (χ4v) is 4.18. The van der Waals surface area contributed by atoms with E-state index in [4.69, 9.17) is 9.47 Å². The second-order valence-electron chi connectivity index (χ2n) is 6.79. The molecule has 142 valence electrons. The summed E-state index contributed by atoms with van der Waals surface area (Å²) in [6.07, 6.45) is 0. The van der Waals surface area contributed by atoms with Crippen LogP contribution in [0.3, 0.4) is 0 Å². The van der Waals surface area contributed by atoms with Gasteiger partial charge in [-0.15, -0.1) is 0 Å². The third-order valence-electron chi connectivity index (χ3n) is 3.78. The Bertz CT molecular complexity index is 860. The number of hydrogen-bond acceptors (Lipinski definition) is 4. The van der Waals surface area contributed by atoms with Gasteiger partial charge in [-0.1, -0.05) is 39.0 Å². The van der Waals surface area contributed by atoms with Crippen LogP contribution in [-0.4, -0.2) is 28.7 Å². The summed E-state index contributed by atoms with van der Waals surface area (Å²) in [5, 5.41) is 0. The lowest BCUT2D eigenvalue weighted by Crippen LogP contribution is -2.28. The molecule has 0 aliphatic heterocycles. The van der Waals surface area contributed by atoms with Crippen molar-refractivity contribution < 1.29 is 17.9 Å². The fourth-order valence-electron chi connectivity index (χ4n) is 2.45. The van der Waals surface area contributed by atoms with Gasteiger partial charge in [0.1, 0.15) is 18.1 Å². The van der Waals surface area contributed by atoms with E-state index >= 15 is 0 Å². The van der Waals surface area contributed by atoms with Crippen LogP contribution in [0, 0.1) is 0 Å². The summed E-state index contributed by atoms with van der Waals surface area (Å²) in [5.74, 6) is 1.34. The number of benzene rings is 2. The van der Waals surface area contributed by atoms with Gasteiger partial charge in [0.2, 0.25) is 10.0 Å². The van der Waals surface area contributed by atoms with Crippen molar-refractivity contribution in [3.8, 4) is 11.5 Å². The summed E-state index contributed by atoms with van der Waals surface area (Å²) >= 11 is 3.30. The lowest BCUT2D eigenvalue weighted by atomic mass is 9.86. The number of hydrogen-bond donors (Lipinski definition) is 1. The van der Waals surface area contributed by atoms with Gasteiger partial charge >= 0.3 is 0 Å². The van der Waals surface area contributed by atoms with E-state index in [0.717, 1.165) is 11.3 Å². The first-order valence-electron chi connectivity index (χ1n) is 8.20. The van der Waals surface area contributed by atoms with Crippen molar-refractivity contribution in [3.05, 3.63) is 52.5 Å². The normalized spacial score (nSPS) is 12.0. The topological polar surface area (TPSA) is 64.6 Å². The smallest absolute Gasteiger partial charge is 0.240 e. The van der Waals surface area contributed by atoms with Crippen molar-refractivity contribution in [3.63, 3.8) is 0 Å². The highest BCUT2D eigenvalue weighted by molar-refractivity contribution is 9.10. The average Bonchev–Trinajstić information content (AvgIpc) is 2.58. The Morgan fingerprint density at radius 3 is 2.38 bits per heavy atom. The summed E-state index contributed by atoms with van der Waals surface area (Å²) < 4.78 is 38.8. The Hall–Kier alpha value is -1.57. The molecule has 26 heavy (non-hydrogen) atoms. The number of rotatable bonds is 7. The SMILES string of the molecule is COc1ccc(S(=O)(=O)NCCOc2ccccc2C(C)(C)C)cc1Br. The minimum absolute atomic E-state index is 0.0501. The molecule has 0 aliphatic rings. The van der Waals surface area contributed by atoms with Crippen LogP contribution in [0.5, 0.6) is 11.5 Å².